The van der Waals surface area contributed by atoms with Crippen molar-refractivity contribution in [1.29, 1.82) is 0 Å². The van der Waals surface area contributed by atoms with Crippen molar-refractivity contribution < 1.29 is 17.6 Å². The number of pyridine rings is 1. The molecule has 2 saturated heterocycles. The molecule has 2 fully saturated rings. The van der Waals surface area contributed by atoms with Gasteiger partial charge in [-0.3, -0.25) is 4.79 Å². The second kappa shape index (κ2) is 9.29. The van der Waals surface area contributed by atoms with E-state index in [2.05, 4.69) is 35.1 Å². The van der Waals surface area contributed by atoms with E-state index in [0.29, 0.717) is 13.0 Å². The Morgan fingerprint density at radius 3 is 2.48 bits per heavy atom. The van der Waals surface area contributed by atoms with E-state index in [1.165, 1.54) is 23.3 Å². The standard InChI is InChI=1S/C24H31FN4O3S/c1-4-17-13-16(2)23(26-15-17)28-10-7-18(8-11-28)29-12-9-22(24(29)30)27-21-6-5-19(14-20(21)25)33(3,31)32/h5-6,13-15,18,22,27H,4,7-12H2,1-3H3. The van der Waals surface area contributed by atoms with E-state index in [4.69, 9.17) is 0 Å². The molecule has 2 aromatic rings. The first-order valence-corrected chi connectivity index (χ1v) is 13.3. The smallest absolute Gasteiger partial charge is 0.245 e. The number of nitrogens with one attached hydrogen (secondary N) is 1. The quantitative estimate of drug-likeness (QED) is 0.693. The minimum Gasteiger partial charge on any atom is -0.371 e. The number of aromatic nitrogens is 1. The fourth-order valence-electron chi connectivity index (χ4n) is 4.77. The molecule has 1 atom stereocenters. The predicted molar refractivity (Wildman–Crippen MR) is 127 cm³/mol. The number of nitrogens with zero attached hydrogens (tertiary/aromatic N) is 3. The van der Waals surface area contributed by atoms with E-state index in [1.807, 2.05) is 11.1 Å². The van der Waals surface area contributed by atoms with Gasteiger partial charge in [0.1, 0.15) is 17.7 Å². The molecule has 0 saturated carbocycles. The van der Waals surface area contributed by atoms with Crippen LogP contribution in [-0.2, 0) is 21.1 Å². The maximum Gasteiger partial charge on any atom is 0.245 e. The van der Waals surface area contributed by atoms with E-state index < -0.39 is 21.7 Å². The van der Waals surface area contributed by atoms with E-state index >= 15 is 0 Å². The Balaban J connectivity index is 1.36. The van der Waals surface area contributed by atoms with Crippen molar-refractivity contribution in [3.8, 4) is 0 Å². The number of anilines is 2. The van der Waals surface area contributed by atoms with Gasteiger partial charge in [0, 0.05) is 38.1 Å². The molecule has 3 heterocycles. The Kier molecular flexibility index (Phi) is 6.61. The van der Waals surface area contributed by atoms with E-state index in [0.717, 1.165) is 50.5 Å². The van der Waals surface area contributed by atoms with Crippen LogP contribution in [0.3, 0.4) is 0 Å². The summed E-state index contributed by atoms with van der Waals surface area (Å²) in [5, 5.41) is 2.98. The van der Waals surface area contributed by atoms with Gasteiger partial charge < -0.3 is 15.1 Å². The van der Waals surface area contributed by atoms with Crippen LogP contribution in [0.5, 0.6) is 0 Å². The van der Waals surface area contributed by atoms with Crippen molar-refractivity contribution in [1.82, 2.24) is 9.88 Å². The lowest BCUT2D eigenvalue weighted by atomic mass is 10.0. The first-order valence-electron chi connectivity index (χ1n) is 11.4. The fraction of sp³-hybridized carbons (Fsp3) is 0.500. The van der Waals surface area contributed by atoms with Crippen molar-refractivity contribution in [2.24, 2.45) is 0 Å². The molecule has 2 aliphatic heterocycles. The molecule has 0 bridgehead atoms. The Hall–Kier alpha value is -2.68. The number of likely N-dealkylation sites (tertiary alicyclic amines) is 1. The number of benzene rings is 1. The summed E-state index contributed by atoms with van der Waals surface area (Å²) in [5.74, 6) is 0.321. The van der Waals surface area contributed by atoms with Gasteiger partial charge in [0.25, 0.3) is 0 Å². The number of piperidine rings is 1. The molecule has 178 valence electrons. The highest BCUT2D eigenvalue weighted by Gasteiger charge is 2.37. The number of halogens is 1. The number of hydrogen-bond donors (Lipinski definition) is 1. The number of sulfone groups is 1. The monoisotopic (exact) mass is 474 g/mol. The van der Waals surface area contributed by atoms with Crippen LogP contribution in [0, 0.1) is 12.7 Å². The van der Waals surface area contributed by atoms with E-state index in [-0.39, 0.29) is 22.5 Å². The SMILES string of the molecule is CCc1cnc(N2CCC(N3CCC(Nc4ccc(S(C)(=O)=O)cc4F)C3=O)CC2)c(C)c1. The zero-order valence-electron chi connectivity index (χ0n) is 19.3. The number of carbonyl (C=O) groups is 1. The molecular weight excluding hydrogens is 443 g/mol. The molecule has 9 heteroatoms. The molecule has 33 heavy (non-hydrogen) atoms. The minimum absolute atomic E-state index is 0.0263. The van der Waals surface area contributed by atoms with Gasteiger partial charge in [-0.1, -0.05) is 13.0 Å². The molecule has 2 aliphatic rings. The van der Waals surface area contributed by atoms with Gasteiger partial charge in [0.05, 0.1) is 10.6 Å². The summed E-state index contributed by atoms with van der Waals surface area (Å²) in [6, 6.07) is 5.58. The molecule has 7 nitrogen and oxygen atoms in total. The molecule has 1 aromatic carbocycles. The summed E-state index contributed by atoms with van der Waals surface area (Å²) in [4.78, 5) is 21.8. The van der Waals surface area contributed by atoms with Gasteiger partial charge in [-0.05, 0) is 61.9 Å². The first kappa shape index (κ1) is 23.5. The zero-order chi connectivity index (χ0) is 23.8. The lowest BCUT2D eigenvalue weighted by Gasteiger charge is -2.38. The number of aryl methyl sites for hydroxylation is 2. The first-order chi connectivity index (χ1) is 15.7. The molecule has 4 rings (SSSR count). The van der Waals surface area contributed by atoms with Crippen LogP contribution in [0.2, 0.25) is 0 Å². The second-order valence-electron chi connectivity index (χ2n) is 8.99. The summed E-state index contributed by atoms with van der Waals surface area (Å²) in [6.07, 6.45) is 6.27. The van der Waals surface area contributed by atoms with Gasteiger partial charge in [-0.2, -0.15) is 0 Å². The highest BCUT2D eigenvalue weighted by atomic mass is 32.2. The molecular formula is C24H31FN4O3S. The third-order valence-corrected chi connectivity index (χ3v) is 7.77. The maximum absolute atomic E-state index is 14.4. The van der Waals surface area contributed by atoms with Crippen LogP contribution in [0.25, 0.3) is 0 Å². The minimum atomic E-state index is -3.49. The van der Waals surface area contributed by atoms with Crippen LogP contribution in [0.15, 0.2) is 35.4 Å². The molecule has 1 N–H and O–H groups in total. The highest BCUT2D eigenvalue weighted by Crippen LogP contribution is 2.28. The molecule has 0 radical (unpaired) electrons. The molecule has 1 unspecified atom stereocenters. The summed E-state index contributed by atoms with van der Waals surface area (Å²) in [6.45, 7) is 6.53. The highest BCUT2D eigenvalue weighted by molar-refractivity contribution is 7.90. The lowest BCUT2D eigenvalue weighted by Crippen LogP contribution is -2.47. The third-order valence-electron chi connectivity index (χ3n) is 6.66. The van der Waals surface area contributed by atoms with Crippen LogP contribution in [0.4, 0.5) is 15.9 Å². The summed E-state index contributed by atoms with van der Waals surface area (Å²) < 4.78 is 37.7. The average Bonchev–Trinajstić information content (AvgIpc) is 3.14. The predicted octanol–water partition coefficient (Wildman–Crippen LogP) is 3.18. The van der Waals surface area contributed by atoms with Gasteiger partial charge >= 0.3 is 0 Å². The summed E-state index contributed by atoms with van der Waals surface area (Å²) >= 11 is 0. The largest absolute Gasteiger partial charge is 0.371 e. The van der Waals surface area contributed by atoms with Gasteiger partial charge in [-0.15, -0.1) is 0 Å². The topological polar surface area (TPSA) is 82.6 Å². The van der Waals surface area contributed by atoms with Gasteiger partial charge in [0.2, 0.25) is 5.91 Å². The third kappa shape index (κ3) is 4.98. The molecule has 0 aliphatic carbocycles. The van der Waals surface area contributed by atoms with Crippen LogP contribution in [-0.4, -0.2) is 62.2 Å². The van der Waals surface area contributed by atoms with Gasteiger partial charge in [-0.25, -0.2) is 17.8 Å². The lowest BCUT2D eigenvalue weighted by molar-refractivity contribution is -0.130. The van der Waals surface area contributed by atoms with Gasteiger partial charge in [0.15, 0.2) is 9.84 Å². The summed E-state index contributed by atoms with van der Waals surface area (Å²) in [7, 11) is -3.49. The number of hydrogen-bond acceptors (Lipinski definition) is 6. The van der Waals surface area contributed by atoms with Crippen molar-refractivity contribution in [3.05, 3.63) is 47.4 Å². The van der Waals surface area contributed by atoms with E-state index in [9.17, 15) is 17.6 Å². The van der Waals surface area contributed by atoms with Crippen molar-refractivity contribution >= 4 is 27.2 Å². The Morgan fingerprint density at radius 2 is 1.88 bits per heavy atom. The van der Waals surface area contributed by atoms with E-state index in [1.54, 1.807) is 0 Å². The normalized spacial score (nSPS) is 19.9. The van der Waals surface area contributed by atoms with Crippen molar-refractivity contribution in [2.45, 2.75) is 56.5 Å². The van der Waals surface area contributed by atoms with Crippen LogP contribution >= 0.6 is 0 Å². The molecule has 1 aromatic heterocycles. The average molecular weight is 475 g/mol. The van der Waals surface area contributed by atoms with Crippen molar-refractivity contribution in [3.63, 3.8) is 0 Å². The Morgan fingerprint density at radius 1 is 1.15 bits per heavy atom. The molecule has 0 spiro atoms. The Labute approximate surface area is 194 Å². The number of rotatable bonds is 6. The number of carbonyl (C=O) groups excluding carboxylic acids is 1. The van der Waals surface area contributed by atoms with Crippen LogP contribution < -0.4 is 10.2 Å². The maximum atomic E-state index is 14.4. The van der Waals surface area contributed by atoms with Crippen molar-refractivity contribution in [2.75, 3.05) is 36.1 Å². The molecule has 1 amide bonds. The zero-order valence-corrected chi connectivity index (χ0v) is 20.2. The summed E-state index contributed by atoms with van der Waals surface area (Å²) in [5.41, 5.74) is 2.56. The van der Waals surface area contributed by atoms with Crippen LogP contribution in [0.1, 0.15) is 37.3 Å². The fourth-order valence-corrected chi connectivity index (χ4v) is 5.40. The number of amides is 1. The second-order valence-corrected chi connectivity index (χ2v) is 11.0. The Bertz CT molecular complexity index is 1150.